The average Bonchev–Trinajstić information content (AvgIpc) is 1.86. The third-order valence-electron chi connectivity index (χ3n) is 1.60. The van der Waals surface area contributed by atoms with Gasteiger partial charge in [0, 0.05) is 12.0 Å². The molecule has 0 bridgehead atoms. The number of hydrogen-bond donors (Lipinski definition) is 1. The van der Waals surface area contributed by atoms with Gasteiger partial charge < -0.3 is 5.32 Å². The van der Waals surface area contributed by atoms with Gasteiger partial charge in [0.2, 0.25) is 5.91 Å². The Morgan fingerprint density at radius 1 is 1.36 bits per heavy atom. The maximum Gasteiger partial charge on any atom is 0.223 e. The third kappa shape index (κ3) is 4.82. The first-order chi connectivity index (χ1) is 5.07. The number of carbonyl (C=O) groups is 1. The first-order valence-corrected chi connectivity index (χ1v) is 4.38. The van der Waals surface area contributed by atoms with Gasteiger partial charge >= 0.3 is 0 Å². The summed E-state index contributed by atoms with van der Waals surface area (Å²) in [5.41, 5.74) is 0. The van der Waals surface area contributed by atoms with Crippen LogP contribution in [0, 0.1) is 5.92 Å². The van der Waals surface area contributed by atoms with Crippen LogP contribution in [-0.4, -0.2) is 11.9 Å². The number of hydrogen-bond acceptors (Lipinski definition) is 1. The summed E-state index contributed by atoms with van der Waals surface area (Å²) in [4.78, 5) is 11.2. The highest BCUT2D eigenvalue weighted by atomic mass is 16.1. The fourth-order valence-electron chi connectivity index (χ4n) is 0.991. The van der Waals surface area contributed by atoms with E-state index in [1.54, 1.807) is 0 Å². The van der Waals surface area contributed by atoms with E-state index in [1.807, 2.05) is 20.8 Å². The summed E-state index contributed by atoms with van der Waals surface area (Å²) >= 11 is 0. The summed E-state index contributed by atoms with van der Waals surface area (Å²) in [6, 6.07) is 0.266. The molecule has 0 aromatic heterocycles. The number of amides is 1. The zero-order valence-electron chi connectivity index (χ0n) is 7.98. The zero-order valence-corrected chi connectivity index (χ0v) is 7.98. The predicted molar refractivity (Wildman–Crippen MR) is 47.4 cm³/mol. The van der Waals surface area contributed by atoms with Gasteiger partial charge in [0.15, 0.2) is 0 Å². The van der Waals surface area contributed by atoms with E-state index >= 15 is 0 Å². The van der Waals surface area contributed by atoms with Gasteiger partial charge in [-0.2, -0.15) is 0 Å². The van der Waals surface area contributed by atoms with Crippen molar-refractivity contribution < 1.29 is 4.79 Å². The molecular formula is C9H19NO. The molecule has 0 unspecified atom stereocenters. The van der Waals surface area contributed by atoms with Gasteiger partial charge in [-0.25, -0.2) is 0 Å². The topological polar surface area (TPSA) is 29.1 Å². The molecule has 0 aliphatic rings. The van der Waals surface area contributed by atoms with E-state index in [0.717, 1.165) is 12.8 Å². The molecule has 11 heavy (non-hydrogen) atoms. The molecule has 0 spiro atoms. The lowest BCUT2D eigenvalue weighted by Crippen LogP contribution is -2.34. The Labute approximate surface area is 69.4 Å². The van der Waals surface area contributed by atoms with Crippen molar-refractivity contribution in [2.45, 2.75) is 46.6 Å². The van der Waals surface area contributed by atoms with E-state index in [0.29, 0.717) is 0 Å². The van der Waals surface area contributed by atoms with Crippen molar-refractivity contribution in [3.05, 3.63) is 0 Å². The lowest BCUT2D eigenvalue weighted by atomic mass is 10.1. The minimum atomic E-state index is 0.169. The average molecular weight is 157 g/mol. The summed E-state index contributed by atoms with van der Waals surface area (Å²) in [5, 5.41) is 2.89. The molecule has 2 nitrogen and oxygen atoms in total. The normalized spacial score (nSPS) is 13.2. The van der Waals surface area contributed by atoms with Crippen molar-refractivity contribution in [1.82, 2.24) is 5.32 Å². The van der Waals surface area contributed by atoms with Crippen molar-refractivity contribution in [1.29, 1.82) is 0 Å². The molecule has 0 heterocycles. The van der Waals surface area contributed by atoms with Crippen LogP contribution in [0.5, 0.6) is 0 Å². The van der Waals surface area contributed by atoms with Crippen LogP contribution in [0.1, 0.15) is 40.5 Å². The van der Waals surface area contributed by atoms with Crippen LogP contribution in [0.15, 0.2) is 0 Å². The van der Waals surface area contributed by atoms with Gasteiger partial charge in [-0.05, 0) is 20.3 Å². The lowest BCUT2D eigenvalue weighted by molar-refractivity contribution is -0.125. The Hall–Kier alpha value is -0.530. The molecule has 0 saturated carbocycles. The fraction of sp³-hybridized carbons (Fsp3) is 0.889. The van der Waals surface area contributed by atoms with E-state index in [1.165, 1.54) is 0 Å². The highest BCUT2D eigenvalue weighted by Gasteiger charge is 2.11. The van der Waals surface area contributed by atoms with Crippen LogP contribution in [0.2, 0.25) is 0 Å². The van der Waals surface area contributed by atoms with E-state index < -0.39 is 0 Å². The minimum absolute atomic E-state index is 0.169. The monoisotopic (exact) mass is 157 g/mol. The van der Waals surface area contributed by atoms with E-state index in [9.17, 15) is 4.79 Å². The van der Waals surface area contributed by atoms with Gasteiger partial charge in [-0.3, -0.25) is 4.79 Å². The largest absolute Gasteiger partial charge is 0.354 e. The molecule has 0 aromatic rings. The zero-order chi connectivity index (χ0) is 8.85. The molecule has 0 fully saturated rings. The summed E-state index contributed by atoms with van der Waals surface area (Å²) in [5.74, 6) is 0.351. The second kappa shape index (κ2) is 5.16. The SMILES string of the molecule is CCC[C@@H](C)C(=O)NC(C)C. The molecule has 0 aliphatic carbocycles. The van der Waals surface area contributed by atoms with E-state index in [4.69, 9.17) is 0 Å². The number of nitrogens with one attached hydrogen (secondary N) is 1. The van der Waals surface area contributed by atoms with Crippen LogP contribution in [0.25, 0.3) is 0 Å². The Morgan fingerprint density at radius 2 is 1.91 bits per heavy atom. The summed E-state index contributed by atoms with van der Waals surface area (Å²) in [6.07, 6.45) is 2.06. The predicted octanol–water partition coefficient (Wildman–Crippen LogP) is 1.95. The second-order valence-corrected chi connectivity index (χ2v) is 3.35. The van der Waals surface area contributed by atoms with Crippen LogP contribution < -0.4 is 5.32 Å². The Balaban J connectivity index is 3.64. The van der Waals surface area contributed by atoms with E-state index in [2.05, 4.69) is 12.2 Å². The van der Waals surface area contributed by atoms with Crippen LogP contribution in [0.4, 0.5) is 0 Å². The molecule has 2 heteroatoms. The van der Waals surface area contributed by atoms with Crippen molar-refractivity contribution in [2.75, 3.05) is 0 Å². The molecule has 0 aromatic carbocycles. The van der Waals surface area contributed by atoms with Gasteiger partial charge in [0.1, 0.15) is 0 Å². The first-order valence-electron chi connectivity index (χ1n) is 4.38. The van der Waals surface area contributed by atoms with Gasteiger partial charge in [-0.15, -0.1) is 0 Å². The first kappa shape index (κ1) is 10.5. The third-order valence-corrected chi connectivity index (χ3v) is 1.60. The van der Waals surface area contributed by atoms with E-state index in [-0.39, 0.29) is 17.9 Å². The molecule has 66 valence electrons. The maximum atomic E-state index is 11.2. The Kier molecular flexibility index (Phi) is 4.92. The van der Waals surface area contributed by atoms with Crippen molar-refractivity contribution in [2.24, 2.45) is 5.92 Å². The van der Waals surface area contributed by atoms with Crippen LogP contribution in [-0.2, 0) is 4.79 Å². The summed E-state index contributed by atoms with van der Waals surface area (Å²) in [7, 11) is 0. The lowest BCUT2D eigenvalue weighted by Gasteiger charge is -2.13. The van der Waals surface area contributed by atoms with Crippen molar-refractivity contribution in [3.8, 4) is 0 Å². The second-order valence-electron chi connectivity index (χ2n) is 3.35. The molecule has 1 N–H and O–H groups in total. The standard InChI is InChI=1S/C9H19NO/c1-5-6-8(4)9(11)10-7(2)3/h7-8H,5-6H2,1-4H3,(H,10,11)/t8-/m1/s1. The number of rotatable bonds is 4. The van der Waals surface area contributed by atoms with Gasteiger partial charge in [0.05, 0.1) is 0 Å². The number of carbonyl (C=O) groups excluding carboxylic acids is 1. The van der Waals surface area contributed by atoms with Gasteiger partial charge in [0.25, 0.3) is 0 Å². The van der Waals surface area contributed by atoms with Gasteiger partial charge in [-0.1, -0.05) is 20.3 Å². The quantitative estimate of drug-likeness (QED) is 0.664. The molecule has 1 amide bonds. The molecule has 0 saturated heterocycles. The van der Waals surface area contributed by atoms with Crippen molar-refractivity contribution in [3.63, 3.8) is 0 Å². The maximum absolute atomic E-state index is 11.2. The van der Waals surface area contributed by atoms with Crippen LogP contribution in [0.3, 0.4) is 0 Å². The molecule has 0 aliphatic heterocycles. The summed E-state index contributed by atoms with van der Waals surface area (Å²) in [6.45, 7) is 8.04. The molecular weight excluding hydrogens is 138 g/mol. The molecule has 0 rings (SSSR count). The van der Waals surface area contributed by atoms with Crippen LogP contribution >= 0.6 is 0 Å². The fourth-order valence-corrected chi connectivity index (χ4v) is 0.991. The highest BCUT2D eigenvalue weighted by Crippen LogP contribution is 2.04. The molecule has 1 atom stereocenters. The Morgan fingerprint density at radius 3 is 2.27 bits per heavy atom. The summed E-state index contributed by atoms with van der Waals surface area (Å²) < 4.78 is 0. The molecule has 0 radical (unpaired) electrons. The van der Waals surface area contributed by atoms with Crippen molar-refractivity contribution >= 4 is 5.91 Å². The smallest absolute Gasteiger partial charge is 0.223 e. The Bertz CT molecular complexity index is 121. The minimum Gasteiger partial charge on any atom is -0.354 e. The highest BCUT2D eigenvalue weighted by molar-refractivity contribution is 5.78.